The number of anilines is 1. The predicted octanol–water partition coefficient (Wildman–Crippen LogP) is 2.68. The lowest BCUT2D eigenvalue weighted by atomic mass is 10.0. The van der Waals surface area contributed by atoms with Crippen molar-refractivity contribution in [3.63, 3.8) is 0 Å². The molecule has 0 radical (unpaired) electrons. The van der Waals surface area contributed by atoms with Crippen LogP contribution in [0.3, 0.4) is 0 Å². The molecule has 0 saturated heterocycles. The van der Waals surface area contributed by atoms with E-state index < -0.39 is 17.5 Å². The number of methoxy groups -OCH3 is 1. The first kappa shape index (κ1) is 19.8. The predicted molar refractivity (Wildman–Crippen MR) is 101 cm³/mol. The number of aromatic nitrogens is 1. The van der Waals surface area contributed by atoms with Gasteiger partial charge in [-0.05, 0) is 43.7 Å². The molecule has 142 valence electrons. The summed E-state index contributed by atoms with van der Waals surface area (Å²) in [7, 11) is 1.43. The Balaban J connectivity index is 2.42. The van der Waals surface area contributed by atoms with Crippen molar-refractivity contribution in [2.24, 2.45) is 5.73 Å². The van der Waals surface area contributed by atoms with E-state index in [0.717, 1.165) is 12.1 Å². The Labute approximate surface area is 156 Å². The topological polar surface area (TPSA) is 123 Å². The summed E-state index contributed by atoms with van der Waals surface area (Å²) in [5.74, 6) is -1.47. The highest BCUT2D eigenvalue weighted by molar-refractivity contribution is 5.99. The van der Waals surface area contributed by atoms with Crippen LogP contribution < -0.4 is 21.5 Å². The van der Waals surface area contributed by atoms with E-state index >= 15 is 0 Å². The normalized spacial score (nSPS) is 11.6. The molecule has 0 aliphatic rings. The van der Waals surface area contributed by atoms with Crippen LogP contribution >= 0.6 is 0 Å². The standard InChI is InChI=1S/C19H21FN4O3/c1-9(2)17(10(3)21)24-19(26)12-7-13(20)11(8-15(12)25)14-5-6-16(27-4)18(22)23-14/h5-8,25H,1,21H2,2-4H3,(H2,22,23)(H,24,26)/b17-10+. The van der Waals surface area contributed by atoms with Crippen LogP contribution in [0.1, 0.15) is 24.2 Å². The Bertz CT molecular complexity index is 950. The van der Waals surface area contributed by atoms with Crippen LogP contribution in [0, 0.1) is 5.82 Å². The number of nitrogens with zero attached hydrogens (tertiary/aromatic N) is 1. The number of phenols is 1. The molecular weight excluding hydrogens is 351 g/mol. The van der Waals surface area contributed by atoms with Crippen LogP contribution in [0.25, 0.3) is 11.3 Å². The number of allylic oxidation sites excluding steroid dienone is 2. The lowest BCUT2D eigenvalue weighted by Crippen LogP contribution is -2.26. The van der Waals surface area contributed by atoms with E-state index in [9.17, 15) is 14.3 Å². The molecule has 6 N–H and O–H groups in total. The van der Waals surface area contributed by atoms with Crippen molar-refractivity contribution < 1.29 is 19.0 Å². The van der Waals surface area contributed by atoms with E-state index in [2.05, 4.69) is 16.9 Å². The number of rotatable bonds is 5. The molecule has 7 nitrogen and oxygen atoms in total. The van der Waals surface area contributed by atoms with E-state index in [-0.39, 0.29) is 22.6 Å². The van der Waals surface area contributed by atoms with Crippen molar-refractivity contribution in [2.75, 3.05) is 12.8 Å². The highest BCUT2D eigenvalue weighted by Crippen LogP contribution is 2.31. The van der Waals surface area contributed by atoms with Crippen molar-refractivity contribution >= 4 is 11.7 Å². The van der Waals surface area contributed by atoms with E-state index in [0.29, 0.717) is 22.7 Å². The van der Waals surface area contributed by atoms with Crippen molar-refractivity contribution in [3.8, 4) is 22.8 Å². The Kier molecular flexibility index (Phi) is 5.69. The molecule has 0 saturated carbocycles. The van der Waals surface area contributed by atoms with Crippen molar-refractivity contribution in [1.82, 2.24) is 10.3 Å². The zero-order valence-corrected chi connectivity index (χ0v) is 15.3. The number of halogens is 1. The van der Waals surface area contributed by atoms with Crippen LogP contribution in [-0.2, 0) is 0 Å². The fraction of sp³-hybridized carbons (Fsp3) is 0.158. The van der Waals surface area contributed by atoms with Gasteiger partial charge < -0.3 is 26.6 Å². The maximum Gasteiger partial charge on any atom is 0.259 e. The summed E-state index contributed by atoms with van der Waals surface area (Å²) in [6.07, 6.45) is 0. The molecular formula is C19H21FN4O3. The summed E-state index contributed by atoms with van der Waals surface area (Å²) >= 11 is 0. The monoisotopic (exact) mass is 372 g/mol. The molecule has 2 aromatic rings. The second kappa shape index (κ2) is 7.77. The first-order valence-electron chi connectivity index (χ1n) is 7.92. The van der Waals surface area contributed by atoms with Crippen molar-refractivity contribution in [3.05, 3.63) is 59.2 Å². The molecule has 0 spiro atoms. The van der Waals surface area contributed by atoms with E-state index in [1.54, 1.807) is 13.8 Å². The number of hydrogen-bond donors (Lipinski definition) is 4. The average Bonchev–Trinajstić information content (AvgIpc) is 2.60. The van der Waals surface area contributed by atoms with Gasteiger partial charge in [-0.3, -0.25) is 4.79 Å². The summed E-state index contributed by atoms with van der Waals surface area (Å²) < 4.78 is 19.6. The fourth-order valence-corrected chi connectivity index (χ4v) is 2.45. The Morgan fingerprint density at radius 1 is 1.33 bits per heavy atom. The van der Waals surface area contributed by atoms with Crippen LogP contribution in [0.15, 0.2) is 47.8 Å². The number of ether oxygens (including phenoxy) is 1. The number of benzene rings is 1. The quantitative estimate of drug-likeness (QED) is 0.598. The third kappa shape index (κ3) is 4.17. The number of nitrogen functional groups attached to an aromatic ring is 1. The Hall–Kier alpha value is -3.55. The fourth-order valence-electron chi connectivity index (χ4n) is 2.45. The number of carbonyl (C=O) groups excluding carboxylic acids is 1. The molecule has 1 heterocycles. The smallest absolute Gasteiger partial charge is 0.259 e. The van der Waals surface area contributed by atoms with Gasteiger partial charge in [0.2, 0.25) is 0 Å². The molecule has 27 heavy (non-hydrogen) atoms. The van der Waals surface area contributed by atoms with Crippen LogP contribution in [0.2, 0.25) is 0 Å². The molecule has 0 aliphatic heterocycles. The maximum absolute atomic E-state index is 14.6. The summed E-state index contributed by atoms with van der Waals surface area (Å²) in [4.78, 5) is 16.5. The zero-order valence-electron chi connectivity index (χ0n) is 15.3. The van der Waals surface area contributed by atoms with Gasteiger partial charge in [0, 0.05) is 11.3 Å². The zero-order chi connectivity index (χ0) is 20.3. The lowest BCUT2D eigenvalue weighted by molar-refractivity contribution is 0.0963. The molecule has 0 atom stereocenters. The van der Waals surface area contributed by atoms with Crippen molar-refractivity contribution in [1.29, 1.82) is 0 Å². The largest absolute Gasteiger partial charge is 0.507 e. The first-order valence-corrected chi connectivity index (χ1v) is 7.92. The van der Waals surface area contributed by atoms with Crippen LogP contribution in [-0.4, -0.2) is 23.1 Å². The second-order valence-corrected chi connectivity index (χ2v) is 5.93. The van der Waals surface area contributed by atoms with Gasteiger partial charge in [0.25, 0.3) is 5.91 Å². The molecule has 8 heteroatoms. The number of nitrogens with two attached hydrogens (primary N) is 2. The SMILES string of the molecule is C=C(C)/C(NC(=O)c1cc(F)c(-c2ccc(OC)c(N)n2)cc1O)=C(/C)N. The second-order valence-electron chi connectivity index (χ2n) is 5.93. The van der Waals surface area contributed by atoms with Gasteiger partial charge in [0.1, 0.15) is 11.6 Å². The maximum atomic E-state index is 14.6. The van der Waals surface area contributed by atoms with E-state index in [4.69, 9.17) is 16.2 Å². The minimum atomic E-state index is -0.750. The number of phenolic OH excluding ortho intramolecular Hbond substituents is 1. The summed E-state index contributed by atoms with van der Waals surface area (Å²) in [5, 5.41) is 12.7. The Morgan fingerprint density at radius 2 is 2.00 bits per heavy atom. The minimum Gasteiger partial charge on any atom is -0.507 e. The van der Waals surface area contributed by atoms with Gasteiger partial charge in [0.15, 0.2) is 11.6 Å². The van der Waals surface area contributed by atoms with Gasteiger partial charge in [-0.1, -0.05) is 6.58 Å². The minimum absolute atomic E-state index is 0.0101. The molecule has 2 rings (SSSR count). The molecule has 1 aromatic heterocycles. The number of aromatic hydroxyl groups is 1. The van der Waals surface area contributed by atoms with E-state index in [1.165, 1.54) is 19.2 Å². The third-order valence-electron chi connectivity index (χ3n) is 3.77. The molecule has 0 unspecified atom stereocenters. The summed E-state index contributed by atoms with van der Waals surface area (Å²) in [6, 6.07) is 5.05. The highest BCUT2D eigenvalue weighted by atomic mass is 19.1. The number of pyridine rings is 1. The van der Waals surface area contributed by atoms with Crippen LogP contribution in [0.5, 0.6) is 11.5 Å². The number of hydrogen-bond acceptors (Lipinski definition) is 6. The number of amides is 1. The molecule has 1 amide bonds. The highest BCUT2D eigenvalue weighted by Gasteiger charge is 2.19. The lowest BCUT2D eigenvalue weighted by Gasteiger charge is -2.13. The first-order chi connectivity index (χ1) is 12.6. The van der Waals surface area contributed by atoms with Gasteiger partial charge >= 0.3 is 0 Å². The summed E-state index contributed by atoms with van der Waals surface area (Å²) in [5.41, 5.74) is 12.5. The van der Waals surface area contributed by atoms with Gasteiger partial charge in [-0.2, -0.15) is 0 Å². The molecule has 0 bridgehead atoms. The summed E-state index contributed by atoms with van der Waals surface area (Å²) in [6.45, 7) is 6.97. The number of carbonyl (C=O) groups is 1. The van der Waals surface area contributed by atoms with Gasteiger partial charge in [0.05, 0.1) is 24.1 Å². The van der Waals surface area contributed by atoms with Crippen molar-refractivity contribution in [2.45, 2.75) is 13.8 Å². The Morgan fingerprint density at radius 3 is 2.52 bits per heavy atom. The molecule has 1 aromatic carbocycles. The van der Waals surface area contributed by atoms with Gasteiger partial charge in [-0.15, -0.1) is 0 Å². The van der Waals surface area contributed by atoms with Crippen LogP contribution in [0.4, 0.5) is 10.2 Å². The number of nitrogens with one attached hydrogen (secondary N) is 1. The van der Waals surface area contributed by atoms with E-state index in [1.807, 2.05) is 0 Å². The van der Waals surface area contributed by atoms with Gasteiger partial charge in [-0.25, -0.2) is 9.37 Å². The molecule has 0 aliphatic carbocycles. The average molecular weight is 372 g/mol. The molecule has 0 fully saturated rings. The third-order valence-corrected chi connectivity index (χ3v) is 3.77.